The molecule has 0 aromatic carbocycles. The predicted molar refractivity (Wildman–Crippen MR) is 54.4 cm³/mol. The van der Waals surface area contributed by atoms with Crippen LogP contribution in [-0.4, -0.2) is 23.7 Å². The average molecular weight is 222 g/mol. The van der Waals surface area contributed by atoms with Gasteiger partial charge in [0.25, 0.3) is 0 Å². The molecule has 16 heavy (non-hydrogen) atoms. The Labute approximate surface area is 93.3 Å². The molecule has 0 aromatic heterocycles. The van der Waals surface area contributed by atoms with Crippen molar-refractivity contribution in [1.82, 2.24) is 0 Å². The number of carbonyl (C=O) groups is 2. The number of hydrogen-bond acceptors (Lipinski definition) is 3. The third kappa shape index (κ3) is 1.10. The van der Waals surface area contributed by atoms with E-state index in [9.17, 15) is 9.59 Å². The van der Waals surface area contributed by atoms with Gasteiger partial charge in [0.2, 0.25) is 0 Å². The number of carbonyl (C=O) groups excluding carboxylic acids is 1. The van der Waals surface area contributed by atoms with E-state index < -0.39 is 5.97 Å². The molecule has 0 radical (unpaired) electrons. The highest BCUT2D eigenvalue weighted by molar-refractivity contribution is 5.87. The zero-order valence-corrected chi connectivity index (χ0v) is 8.89. The summed E-state index contributed by atoms with van der Waals surface area (Å²) in [5.41, 5.74) is 0.269. The molecule has 1 saturated heterocycles. The van der Waals surface area contributed by atoms with Gasteiger partial charge >= 0.3 is 11.9 Å². The van der Waals surface area contributed by atoms with E-state index in [4.69, 9.17) is 9.84 Å². The molecule has 0 spiro atoms. The van der Waals surface area contributed by atoms with Crippen LogP contribution in [0.5, 0.6) is 0 Å². The van der Waals surface area contributed by atoms with Crippen molar-refractivity contribution in [3.8, 4) is 0 Å². The van der Waals surface area contributed by atoms with E-state index in [1.54, 1.807) is 0 Å². The Balaban J connectivity index is 1.86. The number of hydrogen-bond donors (Lipinski definition) is 1. The van der Waals surface area contributed by atoms with E-state index in [0.29, 0.717) is 18.4 Å². The molecule has 3 fully saturated rings. The summed E-state index contributed by atoms with van der Waals surface area (Å²) < 4.78 is 5.07. The lowest BCUT2D eigenvalue weighted by Gasteiger charge is -2.28. The molecule has 0 amide bonds. The highest BCUT2D eigenvalue weighted by atomic mass is 16.5. The number of rotatable bonds is 2. The average Bonchev–Trinajstić information content (AvgIpc) is 2.88. The van der Waals surface area contributed by atoms with Crippen LogP contribution in [0.4, 0.5) is 0 Å². The first-order valence-corrected chi connectivity index (χ1v) is 5.68. The first kappa shape index (κ1) is 9.87. The van der Waals surface area contributed by atoms with E-state index in [1.807, 2.05) is 0 Å². The second kappa shape index (κ2) is 3.09. The molecule has 5 unspecified atom stereocenters. The minimum atomic E-state index is -0.930. The van der Waals surface area contributed by atoms with Crippen molar-refractivity contribution in [1.29, 1.82) is 0 Å². The number of fused-ring (bicyclic) bond motifs is 5. The monoisotopic (exact) mass is 222 g/mol. The summed E-state index contributed by atoms with van der Waals surface area (Å²) in [6, 6.07) is 0. The maximum absolute atomic E-state index is 11.6. The molecule has 1 N–H and O–H groups in total. The SMILES string of the molecule is C=C(C(=O)O)C1CC2CC1C1C(=O)OCC21. The standard InChI is InChI=1S/C12H14O4/c1-5(11(13)14)7-2-6-3-8(7)10-9(6)4-16-12(10)15/h6-10H,1-4H2,(H,13,14). The summed E-state index contributed by atoms with van der Waals surface area (Å²) in [5.74, 6) is -0.165. The van der Waals surface area contributed by atoms with Gasteiger partial charge in [0.15, 0.2) is 0 Å². The van der Waals surface area contributed by atoms with Gasteiger partial charge in [0, 0.05) is 11.5 Å². The van der Waals surface area contributed by atoms with Crippen LogP contribution in [0.3, 0.4) is 0 Å². The van der Waals surface area contributed by atoms with Gasteiger partial charge in [0.05, 0.1) is 12.5 Å². The van der Waals surface area contributed by atoms with Gasteiger partial charge in [-0.1, -0.05) is 6.58 Å². The van der Waals surface area contributed by atoms with Crippen LogP contribution in [0.25, 0.3) is 0 Å². The molecule has 1 heterocycles. The normalized spacial score (nSPS) is 44.2. The van der Waals surface area contributed by atoms with Gasteiger partial charge in [-0.25, -0.2) is 4.79 Å². The first-order chi connectivity index (χ1) is 7.59. The third-order valence-electron chi connectivity index (χ3n) is 4.59. The molecule has 4 nitrogen and oxygen atoms in total. The van der Waals surface area contributed by atoms with Gasteiger partial charge in [-0.3, -0.25) is 4.79 Å². The fourth-order valence-electron chi connectivity index (χ4n) is 3.89. The number of carboxylic acids is 1. The predicted octanol–water partition coefficient (Wildman–Crippen LogP) is 1.07. The van der Waals surface area contributed by atoms with Crippen molar-refractivity contribution in [2.75, 3.05) is 6.61 Å². The number of ether oxygens (including phenoxy) is 1. The van der Waals surface area contributed by atoms with Crippen molar-refractivity contribution >= 4 is 11.9 Å². The molecule has 2 bridgehead atoms. The van der Waals surface area contributed by atoms with Crippen LogP contribution < -0.4 is 0 Å². The molecular formula is C12H14O4. The molecule has 3 rings (SSSR count). The molecule has 5 atom stereocenters. The van der Waals surface area contributed by atoms with Crippen molar-refractivity contribution < 1.29 is 19.4 Å². The van der Waals surface area contributed by atoms with E-state index in [0.717, 1.165) is 12.8 Å². The summed E-state index contributed by atoms with van der Waals surface area (Å²) in [5, 5.41) is 8.96. The summed E-state index contributed by atoms with van der Waals surface area (Å²) >= 11 is 0. The molecule has 2 aliphatic carbocycles. The highest BCUT2D eigenvalue weighted by Crippen LogP contribution is 2.59. The molecule has 2 saturated carbocycles. The van der Waals surface area contributed by atoms with Crippen LogP contribution in [0.2, 0.25) is 0 Å². The quantitative estimate of drug-likeness (QED) is 0.560. The maximum Gasteiger partial charge on any atom is 0.331 e. The lowest BCUT2D eigenvalue weighted by molar-refractivity contribution is -0.143. The van der Waals surface area contributed by atoms with Crippen LogP contribution >= 0.6 is 0 Å². The van der Waals surface area contributed by atoms with Gasteiger partial charge in [-0.15, -0.1) is 0 Å². The summed E-state index contributed by atoms with van der Waals surface area (Å²) in [4.78, 5) is 22.5. The second-order valence-electron chi connectivity index (χ2n) is 5.15. The topological polar surface area (TPSA) is 63.6 Å². The molecule has 86 valence electrons. The van der Waals surface area contributed by atoms with E-state index in [-0.39, 0.29) is 29.3 Å². The largest absolute Gasteiger partial charge is 0.478 e. The Morgan fingerprint density at radius 3 is 2.81 bits per heavy atom. The van der Waals surface area contributed by atoms with Gasteiger partial charge in [0.1, 0.15) is 0 Å². The van der Waals surface area contributed by atoms with Crippen LogP contribution in [0.15, 0.2) is 12.2 Å². The molecule has 1 aliphatic heterocycles. The van der Waals surface area contributed by atoms with Gasteiger partial charge < -0.3 is 9.84 Å². The van der Waals surface area contributed by atoms with E-state index in [1.165, 1.54) is 0 Å². The smallest absolute Gasteiger partial charge is 0.331 e. The number of esters is 1. The molecule has 4 heteroatoms. The number of cyclic esters (lactones) is 1. The number of aliphatic carboxylic acids is 1. The zero-order chi connectivity index (χ0) is 11.4. The fraction of sp³-hybridized carbons (Fsp3) is 0.667. The lowest BCUT2D eigenvalue weighted by atomic mass is 9.73. The maximum atomic E-state index is 11.6. The van der Waals surface area contributed by atoms with Crippen molar-refractivity contribution in [2.45, 2.75) is 12.8 Å². The minimum Gasteiger partial charge on any atom is -0.478 e. The van der Waals surface area contributed by atoms with Crippen molar-refractivity contribution in [2.24, 2.45) is 29.6 Å². The Kier molecular flexibility index (Phi) is 1.91. The first-order valence-electron chi connectivity index (χ1n) is 5.68. The van der Waals surface area contributed by atoms with Crippen molar-refractivity contribution in [3.05, 3.63) is 12.2 Å². The van der Waals surface area contributed by atoms with Crippen LogP contribution in [0, 0.1) is 29.6 Å². The molecule has 3 aliphatic rings. The van der Waals surface area contributed by atoms with Gasteiger partial charge in [-0.2, -0.15) is 0 Å². The summed E-state index contributed by atoms with van der Waals surface area (Å²) in [6.45, 7) is 4.18. The summed E-state index contributed by atoms with van der Waals surface area (Å²) in [6.07, 6.45) is 1.84. The molecule has 0 aromatic rings. The molecular weight excluding hydrogens is 208 g/mol. The van der Waals surface area contributed by atoms with Crippen molar-refractivity contribution in [3.63, 3.8) is 0 Å². The second-order valence-corrected chi connectivity index (χ2v) is 5.15. The van der Waals surface area contributed by atoms with Gasteiger partial charge in [-0.05, 0) is 30.6 Å². The van der Waals surface area contributed by atoms with E-state index in [2.05, 4.69) is 6.58 Å². The Morgan fingerprint density at radius 2 is 2.12 bits per heavy atom. The Bertz CT molecular complexity index is 386. The Morgan fingerprint density at radius 1 is 1.38 bits per heavy atom. The highest BCUT2D eigenvalue weighted by Gasteiger charge is 2.59. The minimum absolute atomic E-state index is 0.0191. The zero-order valence-electron chi connectivity index (χ0n) is 8.89. The Hall–Kier alpha value is -1.32. The number of carboxylic acid groups (broad SMARTS) is 1. The van der Waals surface area contributed by atoms with Crippen LogP contribution in [0.1, 0.15) is 12.8 Å². The lowest BCUT2D eigenvalue weighted by Crippen LogP contribution is -2.31. The van der Waals surface area contributed by atoms with Crippen LogP contribution in [-0.2, 0) is 14.3 Å². The fourth-order valence-corrected chi connectivity index (χ4v) is 3.89. The summed E-state index contributed by atoms with van der Waals surface area (Å²) in [7, 11) is 0. The van der Waals surface area contributed by atoms with E-state index >= 15 is 0 Å². The third-order valence-corrected chi connectivity index (χ3v) is 4.59.